The minimum absolute atomic E-state index is 0.434. The predicted molar refractivity (Wildman–Crippen MR) is 210 cm³/mol. The van der Waals surface area contributed by atoms with Crippen molar-refractivity contribution in [2.24, 2.45) is 0 Å². The van der Waals surface area contributed by atoms with Crippen molar-refractivity contribution in [1.82, 2.24) is 9.97 Å². The normalized spacial score (nSPS) is 13.3. The highest BCUT2D eigenvalue weighted by Gasteiger charge is 2.52. The summed E-state index contributed by atoms with van der Waals surface area (Å²) in [6.45, 7) is 0. The Morgan fingerprint density at radius 2 is 0.863 bits per heavy atom. The third-order valence-electron chi connectivity index (χ3n) is 11.2. The highest BCUT2D eigenvalue weighted by Crippen LogP contribution is 2.65. The quantitative estimate of drug-likeness (QED) is 0.191. The minimum atomic E-state index is -0.434. The summed E-state index contributed by atoms with van der Waals surface area (Å²) in [6, 6.07) is 62.3. The van der Waals surface area contributed by atoms with Gasteiger partial charge in [-0.3, -0.25) is 9.97 Å². The second-order valence-electron chi connectivity index (χ2n) is 13.7. The van der Waals surface area contributed by atoms with E-state index in [1.54, 1.807) is 0 Å². The highest BCUT2D eigenvalue weighted by molar-refractivity contribution is 6.16. The van der Waals surface area contributed by atoms with Crippen LogP contribution in [0.5, 0.6) is 0 Å². The molecule has 0 bridgehead atoms. The average molecular weight is 647 g/mol. The molecule has 2 nitrogen and oxygen atoms in total. The molecule has 0 radical (unpaired) electrons. The van der Waals surface area contributed by atoms with Crippen LogP contribution in [0.15, 0.2) is 182 Å². The van der Waals surface area contributed by atoms with Crippen LogP contribution >= 0.6 is 0 Å². The highest BCUT2D eigenvalue weighted by atomic mass is 14.8. The molecular formula is C49H30N2. The first kappa shape index (κ1) is 28.2. The molecule has 236 valence electrons. The first-order valence-electron chi connectivity index (χ1n) is 17.6. The SMILES string of the molecule is c1ccc(-c2cnc(-c3ccc(-c4cc5c(c6ccccc46)-c4c(ccc6ccccc46)C54c5ccccc5-c5ccccc54)cc3)cn2)cc1. The molecule has 2 aliphatic carbocycles. The lowest BCUT2D eigenvalue weighted by molar-refractivity contribution is 0.795. The molecule has 1 aromatic heterocycles. The maximum Gasteiger partial charge on any atom is 0.0885 e. The molecule has 51 heavy (non-hydrogen) atoms. The summed E-state index contributed by atoms with van der Waals surface area (Å²) >= 11 is 0. The van der Waals surface area contributed by atoms with Crippen LogP contribution in [-0.2, 0) is 5.41 Å². The molecule has 0 saturated carbocycles. The summed E-state index contributed by atoms with van der Waals surface area (Å²) in [5.74, 6) is 0. The fourth-order valence-electron chi connectivity index (χ4n) is 9.05. The van der Waals surface area contributed by atoms with E-state index in [1.807, 2.05) is 30.6 Å². The van der Waals surface area contributed by atoms with Crippen LogP contribution in [0.3, 0.4) is 0 Å². The fourth-order valence-corrected chi connectivity index (χ4v) is 9.05. The molecule has 0 saturated heterocycles. The van der Waals surface area contributed by atoms with Crippen molar-refractivity contribution < 1.29 is 0 Å². The van der Waals surface area contributed by atoms with Crippen molar-refractivity contribution in [3.8, 4) is 55.9 Å². The fraction of sp³-hybridized carbons (Fsp3) is 0.0204. The number of fused-ring (bicyclic) bond motifs is 14. The summed E-state index contributed by atoms with van der Waals surface area (Å²) in [6.07, 6.45) is 3.74. The van der Waals surface area contributed by atoms with Gasteiger partial charge in [0.15, 0.2) is 0 Å². The van der Waals surface area contributed by atoms with E-state index in [0.717, 1.165) is 22.5 Å². The van der Waals surface area contributed by atoms with Crippen molar-refractivity contribution >= 4 is 21.5 Å². The van der Waals surface area contributed by atoms with Gasteiger partial charge in [0, 0.05) is 11.1 Å². The largest absolute Gasteiger partial charge is 0.252 e. The second kappa shape index (κ2) is 10.7. The van der Waals surface area contributed by atoms with Crippen LogP contribution in [-0.4, -0.2) is 9.97 Å². The molecule has 1 spiro atoms. The van der Waals surface area contributed by atoms with Crippen molar-refractivity contribution in [2.45, 2.75) is 5.41 Å². The molecule has 0 unspecified atom stereocenters. The van der Waals surface area contributed by atoms with Crippen molar-refractivity contribution in [3.05, 3.63) is 205 Å². The summed E-state index contributed by atoms with van der Waals surface area (Å²) < 4.78 is 0. The van der Waals surface area contributed by atoms with Crippen LogP contribution in [0.4, 0.5) is 0 Å². The standard InChI is InChI=1S/C49H30N2/c1-2-13-33(14-3-1)45-29-51-46(30-50-45)34-24-22-32(23-25-34)40-28-44-48(39-19-7-6-16-36(39)40)47-35-15-5-4-12-31(35)26-27-43(47)49(44)41-20-10-8-17-37(41)38-18-9-11-21-42(38)49/h1-30H. The Kier molecular flexibility index (Phi) is 5.91. The minimum Gasteiger partial charge on any atom is -0.252 e. The zero-order chi connectivity index (χ0) is 33.5. The van der Waals surface area contributed by atoms with Gasteiger partial charge in [0.1, 0.15) is 0 Å². The van der Waals surface area contributed by atoms with E-state index in [9.17, 15) is 0 Å². The molecule has 2 aliphatic rings. The molecule has 1 heterocycles. The van der Waals surface area contributed by atoms with E-state index < -0.39 is 5.41 Å². The Bertz CT molecular complexity index is 2790. The smallest absolute Gasteiger partial charge is 0.0885 e. The van der Waals surface area contributed by atoms with Gasteiger partial charge in [0.2, 0.25) is 0 Å². The van der Waals surface area contributed by atoms with Crippen LogP contribution in [0.2, 0.25) is 0 Å². The van der Waals surface area contributed by atoms with E-state index in [4.69, 9.17) is 9.97 Å². The van der Waals surface area contributed by atoms with Gasteiger partial charge in [-0.2, -0.15) is 0 Å². The lowest BCUT2D eigenvalue weighted by Gasteiger charge is -2.31. The summed E-state index contributed by atoms with van der Waals surface area (Å²) in [5, 5.41) is 5.11. The number of nitrogens with zero attached hydrogens (tertiary/aromatic N) is 2. The molecule has 0 atom stereocenters. The lowest BCUT2D eigenvalue weighted by atomic mass is 9.70. The number of hydrogen-bond donors (Lipinski definition) is 0. The van der Waals surface area contributed by atoms with Crippen molar-refractivity contribution in [3.63, 3.8) is 0 Å². The summed E-state index contributed by atoms with van der Waals surface area (Å²) in [7, 11) is 0. The van der Waals surface area contributed by atoms with Gasteiger partial charge in [-0.15, -0.1) is 0 Å². The van der Waals surface area contributed by atoms with E-state index >= 15 is 0 Å². The number of benzene rings is 8. The van der Waals surface area contributed by atoms with Crippen LogP contribution in [0.25, 0.3) is 77.4 Å². The van der Waals surface area contributed by atoms with E-state index in [0.29, 0.717) is 0 Å². The van der Waals surface area contributed by atoms with Gasteiger partial charge >= 0.3 is 0 Å². The topological polar surface area (TPSA) is 25.8 Å². The molecule has 11 rings (SSSR count). The molecule has 0 fully saturated rings. The Labute approximate surface area is 296 Å². The first-order chi connectivity index (χ1) is 25.3. The van der Waals surface area contributed by atoms with Crippen LogP contribution in [0.1, 0.15) is 22.3 Å². The Hall–Kier alpha value is -6.64. The predicted octanol–water partition coefficient (Wildman–Crippen LogP) is 12.1. The summed E-state index contributed by atoms with van der Waals surface area (Å²) in [5.41, 5.74) is 16.6. The first-order valence-corrected chi connectivity index (χ1v) is 17.6. The van der Waals surface area contributed by atoms with E-state index in [1.165, 1.54) is 77.2 Å². The van der Waals surface area contributed by atoms with Crippen LogP contribution < -0.4 is 0 Å². The zero-order valence-electron chi connectivity index (χ0n) is 27.7. The molecule has 8 aromatic carbocycles. The molecule has 2 heteroatoms. The van der Waals surface area contributed by atoms with Crippen molar-refractivity contribution in [2.75, 3.05) is 0 Å². The van der Waals surface area contributed by atoms with Crippen LogP contribution in [0, 0.1) is 0 Å². The van der Waals surface area contributed by atoms with Gasteiger partial charge in [-0.25, -0.2) is 0 Å². The number of aromatic nitrogens is 2. The molecule has 9 aromatic rings. The van der Waals surface area contributed by atoms with Gasteiger partial charge < -0.3 is 0 Å². The number of rotatable bonds is 3. The molecule has 0 amide bonds. The Balaban J connectivity index is 1.16. The summed E-state index contributed by atoms with van der Waals surface area (Å²) in [4.78, 5) is 9.54. The number of hydrogen-bond acceptors (Lipinski definition) is 2. The zero-order valence-corrected chi connectivity index (χ0v) is 27.7. The van der Waals surface area contributed by atoms with Crippen molar-refractivity contribution in [1.29, 1.82) is 0 Å². The van der Waals surface area contributed by atoms with Gasteiger partial charge in [0.25, 0.3) is 0 Å². The molecule has 0 aliphatic heterocycles. The van der Waals surface area contributed by atoms with Gasteiger partial charge in [-0.05, 0) is 83.2 Å². The van der Waals surface area contributed by atoms with E-state index in [2.05, 4.69) is 152 Å². The third kappa shape index (κ3) is 3.87. The van der Waals surface area contributed by atoms with Gasteiger partial charge in [0.05, 0.1) is 29.2 Å². The maximum atomic E-state index is 4.80. The maximum absolute atomic E-state index is 4.80. The van der Waals surface area contributed by atoms with E-state index in [-0.39, 0.29) is 0 Å². The monoisotopic (exact) mass is 646 g/mol. The lowest BCUT2D eigenvalue weighted by Crippen LogP contribution is -2.26. The Morgan fingerprint density at radius 3 is 1.55 bits per heavy atom. The average Bonchev–Trinajstić information content (AvgIpc) is 3.69. The second-order valence-corrected chi connectivity index (χ2v) is 13.7. The molecular weight excluding hydrogens is 617 g/mol. The van der Waals surface area contributed by atoms with Gasteiger partial charge in [-0.1, -0.05) is 164 Å². The Morgan fingerprint density at radius 1 is 0.333 bits per heavy atom. The molecule has 0 N–H and O–H groups in total. The third-order valence-corrected chi connectivity index (χ3v) is 11.2.